The summed E-state index contributed by atoms with van der Waals surface area (Å²) in [5.41, 5.74) is 0.863. The molecule has 0 aliphatic carbocycles. The van der Waals surface area contributed by atoms with Gasteiger partial charge in [0.25, 0.3) is 0 Å². The van der Waals surface area contributed by atoms with E-state index in [0.29, 0.717) is 5.56 Å². The van der Waals surface area contributed by atoms with Gasteiger partial charge in [-0.25, -0.2) is 9.59 Å². The van der Waals surface area contributed by atoms with Gasteiger partial charge < -0.3 is 9.84 Å². The van der Waals surface area contributed by atoms with Crippen molar-refractivity contribution in [2.75, 3.05) is 7.11 Å². The van der Waals surface area contributed by atoms with Crippen LogP contribution in [0.1, 0.15) is 26.3 Å². The summed E-state index contributed by atoms with van der Waals surface area (Å²) in [6.45, 7) is 0. The SMILES string of the molecule is COC(=O)c1cc(/C=C/C2C=CC=NC=C2)cc(C(=O)O)c1. The van der Waals surface area contributed by atoms with Crippen LogP contribution in [0.2, 0.25) is 0 Å². The van der Waals surface area contributed by atoms with Gasteiger partial charge in [0.15, 0.2) is 0 Å². The number of benzene rings is 1. The molecule has 0 aromatic heterocycles. The summed E-state index contributed by atoms with van der Waals surface area (Å²) >= 11 is 0. The monoisotopic (exact) mass is 297 g/mol. The fourth-order valence-electron chi connectivity index (χ4n) is 1.95. The minimum Gasteiger partial charge on any atom is -0.478 e. The first-order valence-electron chi connectivity index (χ1n) is 6.61. The maximum absolute atomic E-state index is 11.6. The highest BCUT2D eigenvalue weighted by molar-refractivity contribution is 5.95. The summed E-state index contributed by atoms with van der Waals surface area (Å²) in [5.74, 6) is -1.61. The zero-order valence-corrected chi connectivity index (χ0v) is 12.0. The molecule has 5 heteroatoms. The number of nitrogens with zero attached hydrogens (tertiary/aromatic N) is 1. The molecule has 1 aromatic rings. The topological polar surface area (TPSA) is 76.0 Å². The van der Waals surface area contributed by atoms with Crippen LogP contribution in [0.5, 0.6) is 0 Å². The summed E-state index contributed by atoms with van der Waals surface area (Å²) in [5, 5.41) is 9.13. The Kier molecular flexibility index (Phi) is 5.03. The molecule has 0 bridgehead atoms. The Morgan fingerprint density at radius 3 is 2.73 bits per heavy atom. The van der Waals surface area contributed by atoms with E-state index in [9.17, 15) is 9.59 Å². The summed E-state index contributed by atoms with van der Waals surface area (Å²) < 4.78 is 4.64. The number of carboxylic acid groups (broad SMARTS) is 1. The van der Waals surface area contributed by atoms with Gasteiger partial charge in [-0.05, 0) is 29.8 Å². The largest absolute Gasteiger partial charge is 0.478 e. The lowest BCUT2D eigenvalue weighted by atomic mass is 10.0. The highest BCUT2D eigenvalue weighted by Crippen LogP contribution is 2.15. The number of rotatable bonds is 4. The Morgan fingerprint density at radius 2 is 2.00 bits per heavy atom. The zero-order valence-electron chi connectivity index (χ0n) is 12.0. The fraction of sp³-hybridized carbons (Fsp3) is 0.118. The molecule has 2 rings (SSSR count). The third kappa shape index (κ3) is 4.02. The molecule has 0 saturated carbocycles. The Labute approximate surface area is 127 Å². The third-order valence-electron chi connectivity index (χ3n) is 3.03. The minimum atomic E-state index is -1.09. The zero-order chi connectivity index (χ0) is 15.9. The smallest absolute Gasteiger partial charge is 0.337 e. The predicted octanol–water partition coefficient (Wildman–Crippen LogP) is 2.96. The van der Waals surface area contributed by atoms with Crippen LogP contribution < -0.4 is 0 Å². The molecular weight excluding hydrogens is 282 g/mol. The molecule has 0 radical (unpaired) electrons. The number of aromatic carboxylic acids is 1. The molecule has 0 spiro atoms. The molecule has 1 heterocycles. The first kappa shape index (κ1) is 15.4. The number of carbonyl (C=O) groups is 2. The van der Waals surface area contributed by atoms with E-state index in [1.54, 1.807) is 24.6 Å². The van der Waals surface area contributed by atoms with Crippen LogP contribution in [-0.2, 0) is 4.74 Å². The van der Waals surface area contributed by atoms with Crippen molar-refractivity contribution in [1.29, 1.82) is 0 Å². The van der Waals surface area contributed by atoms with Gasteiger partial charge in [0.2, 0.25) is 0 Å². The molecule has 1 aliphatic rings. The Morgan fingerprint density at radius 1 is 1.23 bits per heavy atom. The lowest BCUT2D eigenvalue weighted by Crippen LogP contribution is -2.05. The summed E-state index contributed by atoms with van der Waals surface area (Å²) in [6.07, 6.45) is 12.7. The molecule has 1 unspecified atom stereocenters. The third-order valence-corrected chi connectivity index (χ3v) is 3.03. The lowest BCUT2D eigenvalue weighted by Gasteiger charge is -2.04. The summed E-state index contributed by atoms with van der Waals surface area (Å²) in [7, 11) is 1.26. The van der Waals surface area contributed by atoms with E-state index in [4.69, 9.17) is 5.11 Å². The second-order valence-corrected chi connectivity index (χ2v) is 4.60. The van der Waals surface area contributed by atoms with Crippen LogP contribution >= 0.6 is 0 Å². The van der Waals surface area contributed by atoms with E-state index < -0.39 is 11.9 Å². The quantitative estimate of drug-likeness (QED) is 0.867. The van der Waals surface area contributed by atoms with E-state index in [2.05, 4.69) is 9.73 Å². The van der Waals surface area contributed by atoms with Gasteiger partial charge in [-0.3, -0.25) is 4.99 Å². The van der Waals surface area contributed by atoms with Crippen molar-refractivity contribution in [2.45, 2.75) is 0 Å². The van der Waals surface area contributed by atoms with Crippen molar-refractivity contribution in [2.24, 2.45) is 10.9 Å². The van der Waals surface area contributed by atoms with Crippen molar-refractivity contribution in [1.82, 2.24) is 0 Å². The number of esters is 1. The number of allylic oxidation sites excluding steroid dienone is 4. The van der Waals surface area contributed by atoms with Crippen molar-refractivity contribution < 1.29 is 19.4 Å². The van der Waals surface area contributed by atoms with Crippen LogP contribution in [0.3, 0.4) is 0 Å². The Hall–Kier alpha value is -2.95. The van der Waals surface area contributed by atoms with Gasteiger partial charge in [-0.15, -0.1) is 0 Å². The summed E-state index contributed by atoms with van der Waals surface area (Å²) in [6, 6.07) is 4.39. The second-order valence-electron chi connectivity index (χ2n) is 4.60. The molecule has 0 amide bonds. The molecule has 1 aromatic carbocycles. The van der Waals surface area contributed by atoms with Crippen molar-refractivity contribution in [3.63, 3.8) is 0 Å². The molecule has 1 atom stereocenters. The number of carboxylic acids is 1. The predicted molar refractivity (Wildman–Crippen MR) is 84.0 cm³/mol. The molecular formula is C17H15NO4. The lowest BCUT2D eigenvalue weighted by molar-refractivity contribution is 0.0600. The van der Waals surface area contributed by atoms with Crippen molar-refractivity contribution in [3.05, 3.63) is 65.4 Å². The first-order chi connectivity index (χ1) is 10.6. The van der Waals surface area contributed by atoms with Gasteiger partial charge in [-0.2, -0.15) is 0 Å². The Balaban J connectivity index is 2.31. The molecule has 22 heavy (non-hydrogen) atoms. The molecule has 0 saturated heterocycles. The first-order valence-corrected chi connectivity index (χ1v) is 6.61. The van der Waals surface area contributed by atoms with Gasteiger partial charge in [0.1, 0.15) is 0 Å². The summed E-state index contributed by atoms with van der Waals surface area (Å²) in [4.78, 5) is 26.8. The molecule has 5 nitrogen and oxygen atoms in total. The minimum absolute atomic E-state index is 0.0397. The van der Waals surface area contributed by atoms with Crippen LogP contribution in [0, 0.1) is 5.92 Å². The van der Waals surface area contributed by atoms with Crippen LogP contribution in [0.15, 0.2) is 53.7 Å². The standard InChI is InChI=1S/C17H15NO4/c1-22-17(21)15-10-13(9-14(11-15)16(19)20)5-4-12-3-2-7-18-8-6-12/h2-12H,1H3,(H,19,20)/b5-4+. The van der Waals surface area contributed by atoms with Crippen LogP contribution in [0.25, 0.3) is 6.08 Å². The van der Waals surface area contributed by atoms with Crippen molar-refractivity contribution in [3.8, 4) is 0 Å². The number of methoxy groups -OCH3 is 1. The van der Waals surface area contributed by atoms with Crippen molar-refractivity contribution >= 4 is 24.2 Å². The number of hydrogen-bond donors (Lipinski definition) is 1. The van der Waals surface area contributed by atoms with E-state index >= 15 is 0 Å². The van der Waals surface area contributed by atoms with E-state index in [0.717, 1.165) is 0 Å². The molecule has 112 valence electrons. The Bertz CT molecular complexity index is 683. The van der Waals surface area contributed by atoms with Gasteiger partial charge in [0, 0.05) is 18.3 Å². The van der Waals surface area contributed by atoms with E-state index in [1.165, 1.54) is 19.2 Å². The van der Waals surface area contributed by atoms with E-state index in [1.807, 2.05) is 24.3 Å². The number of hydrogen-bond acceptors (Lipinski definition) is 4. The average Bonchev–Trinajstić information content (AvgIpc) is 2.80. The highest BCUT2D eigenvalue weighted by Gasteiger charge is 2.11. The molecule has 1 N–H and O–H groups in total. The highest BCUT2D eigenvalue weighted by atomic mass is 16.5. The normalized spacial score (nSPS) is 16.7. The van der Waals surface area contributed by atoms with E-state index in [-0.39, 0.29) is 17.0 Å². The number of carbonyl (C=O) groups excluding carboxylic acids is 1. The van der Waals surface area contributed by atoms with Gasteiger partial charge in [-0.1, -0.05) is 24.3 Å². The van der Waals surface area contributed by atoms with Crippen LogP contribution in [-0.4, -0.2) is 30.4 Å². The fourth-order valence-corrected chi connectivity index (χ4v) is 1.95. The van der Waals surface area contributed by atoms with Crippen LogP contribution in [0.4, 0.5) is 0 Å². The van der Waals surface area contributed by atoms with Gasteiger partial charge in [0.05, 0.1) is 18.2 Å². The number of aliphatic imine (C=N–C) groups is 1. The average molecular weight is 297 g/mol. The maximum Gasteiger partial charge on any atom is 0.337 e. The molecule has 0 fully saturated rings. The maximum atomic E-state index is 11.6. The van der Waals surface area contributed by atoms with Gasteiger partial charge >= 0.3 is 11.9 Å². The molecule has 1 aliphatic heterocycles. The number of ether oxygens (including phenoxy) is 1. The second kappa shape index (κ2) is 7.17.